The third-order valence-corrected chi connectivity index (χ3v) is 4.69. The van der Waals surface area contributed by atoms with Gasteiger partial charge in [0, 0.05) is 24.4 Å². The number of carbonyl (C=O) groups excluding carboxylic acids is 1. The molecule has 0 radical (unpaired) electrons. The summed E-state index contributed by atoms with van der Waals surface area (Å²) in [5.41, 5.74) is 1.13. The van der Waals surface area contributed by atoms with Crippen molar-refractivity contribution in [3.8, 4) is 0 Å². The number of nitrogens with zero attached hydrogens (tertiary/aromatic N) is 2. The van der Waals surface area contributed by atoms with Crippen molar-refractivity contribution >= 4 is 29.3 Å². The van der Waals surface area contributed by atoms with Gasteiger partial charge in [-0.3, -0.25) is 14.6 Å². The molecule has 1 saturated carbocycles. The number of halogens is 1. The molecule has 1 aromatic rings. The van der Waals surface area contributed by atoms with Gasteiger partial charge in [0.1, 0.15) is 5.69 Å². The number of carboxylic acid groups (broad SMARTS) is 1. The molecule has 0 spiro atoms. The van der Waals surface area contributed by atoms with Crippen molar-refractivity contribution in [1.29, 1.82) is 0 Å². The molecule has 4 rings (SSSR count). The number of aliphatic carboxylic acids is 1. The first-order valence-electron chi connectivity index (χ1n) is 8.08. The standard InChI is InChI=1S/C16H17FN4O3/c17-15-12(20-8-3-4-18-5-8)10(7-1-2-7)11-13(21-15)14(22)9(6-19-11)16(23)24/h6-9,18,20H,1-5H2,(H,23,24). The van der Waals surface area contributed by atoms with Gasteiger partial charge >= 0.3 is 5.97 Å². The molecule has 8 heteroatoms. The molecule has 0 amide bonds. The number of pyridine rings is 1. The third kappa shape index (κ3) is 2.47. The number of hydrogen-bond donors (Lipinski definition) is 3. The van der Waals surface area contributed by atoms with E-state index in [1.807, 2.05) is 0 Å². The fourth-order valence-electron chi connectivity index (χ4n) is 3.30. The molecule has 2 atom stereocenters. The summed E-state index contributed by atoms with van der Waals surface area (Å²) in [6.45, 7) is 1.61. The van der Waals surface area contributed by atoms with Crippen molar-refractivity contribution < 1.29 is 19.1 Å². The minimum atomic E-state index is -1.39. The quantitative estimate of drug-likeness (QED) is 0.570. The predicted octanol–water partition coefficient (Wildman–Crippen LogP) is 1.47. The van der Waals surface area contributed by atoms with Gasteiger partial charge in [-0.05, 0) is 31.7 Å². The number of ketones is 1. The lowest BCUT2D eigenvalue weighted by Crippen LogP contribution is -2.30. The highest BCUT2D eigenvalue weighted by Crippen LogP contribution is 2.50. The van der Waals surface area contributed by atoms with Gasteiger partial charge in [0.25, 0.3) is 0 Å². The Bertz CT molecular complexity index is 754. The Morgan fingerprint density at radius 1 is 1.38 bits per heavy atom. The highest BCUT2D eigenvalue weighted by Gasteiger charge is 2.39. The van der Waals surface area contributed by atoms with E-state index in [0.717, 1.165) is 38.6 Å². The van der Waals surface area contributed by atoms with Crippen molar-refractivity contribution in [3.63, 3.8) is 0 Å². The summed E-state index contributed by atoms with van der Waals surface area (Å²) in [7, 11) is 0. The average molecular weight is 332 g/mol. The molecule has 0 aromatic carbocycles. The van der Waals surface area contributed by atoms with Gasteiger partial charge in [0.15, 0.2) is 5.92 Å². The number of Topliss-reactive ketones (excluding diaryl/α,β-unsaturated/α-hetero) is 1. The van der Waals surface area contributed by atoms with Crippen LogP contribution in [-0.2, 0) is 4.79 Å². The zero-order valence-electron chi connectivity index (χ0n) is 12.9. The summed E-state index contributed by atoms with van der Waals surface area (Å²) < 4.78 is 14.6. The van der Waals surface area contributed by atoms with Gasteiger partial charge in [-0.25, -0.2) is 4.98 Å². The molecule has 0 bridgehead atoms. The summed E-state index contributed by atoms with van der Waals surface area (Å²) >= 11 is 0. The van der Waals surface area contributed by atoms with Crippen LogP contribution in [-0.4, -0.2) is 47.2 Å². The van der Waals surface area contributed by atoms with E-state index < -0.39 is 23.6 Å². The lowest BCUT2D eigenvalue weighted by Gasteiger charge is -2.22. The summed E-state index contributed by atoms with van der Waals surface area (Å²) in [4.78, 5) is 31.4. The molecule has 3 N–H and O–H groups in total. The zero-order chi connectivity index (χ0) is 16.8. The topological polar surface area (TPSA) is 104 Å². The number of aliphatic imine (C=N–C) groups is 1. The van der Waals surface area contributed by atoms with Crippen LogP contribution >= 0.6 is 0 Å². The minimum Gasteiger partial charge on any atom is -0.480 e. The van der Waals surface area contributed by atoms with Crippen LogP contribution in [0.15, 0.2) is 4.99 Å². The second-order valence-electron chi connectivity index (χ2n) is 6.46. The molecule has 7 nitrogen and oxygen atoms in total. The zero-order valence-corrected chi connectivity index (χ0v) is 12.9. The van der Waals surface area contributed by atoms with Crippen LogP contribution in [0, 0.1) is 11.9 Å². The van der Waals surface area contributed by atoms with Crippen molar-refractivity contribution in [3.05, 3.63) is 17.2 Å². The van der Waals surface area contributed by atoms with E-state index in [-0.39, 0.29) is 17.7 Å². The number of anilines is 1. The van der Waals surface area contributed by atoms with Gasteiger partial charge in [0.05, 0.1) is 11.4 Å². The molecule has 2 fully saturated rings. The van der Waals surface area contributed by atoms with Gasteiger partial charge < -0.3 is 15.7 Å². The van der Waals surface area contributed by atoms with Crippen LogP contribution in [0.1, 0.15) is 41.2 Å². The van der Waals surface area contributed by atoms with Crippen LogP contribution in [0.4, 0.5) is 15.8 Å². The van der Waals surface area contributed by atoms with Gasteiger partial charge in [-0.15, -0.1) is 0 Å². The monoisotopic (exact) mass is 332 g/mol. The highest BCUT2D eigenvalue weighted by molar-refractivity contribution is 6.21. The van der Waals surface area contributed by atoms with Crippen molar-refractivity contribution in [2.75, 3.05) is 18.4 Å². The Morgan fingerprint density at radius 2 is 2.17 bits per heavy atom. The molecule has 24 heavy (non-hydrogen) atoms. The Morgan fingerprint density at radius 3 is 2.79 bits per heavy atom. The number of hydrogen-bond acceptors (Lipinski definition) is 6. The number of nitrogens with one attached hydrogen (secondary N) is 2. The summed E-state index contributed by atoms with van der Waals surface area (Å²) in [6, 6.07) is 0.104. The number of aromatic nitrogens is 1. The number of fused-ring (bicyclic) bond motifs is 1. The van der Waals surface area contributed by atoms with Crippen LogP contribution < -0.4 is 10.6 Å². The lowest BCUT2D eigenvalue weighted by molar-refractivity contribution is -0.137. The summed E-state index contributed by atoms with van der Waals surface area (Å²) in [6.07, 6.45) is 3.81. The highest BCUT2D eigenvalue weighted by atomic mass is 19.1. The van der Waals surface area contributed by atoms with Gasteiger partial charge in [-0.2, -0.15) is 4.39 Å². The summed E-state index contributed by atoms with van der Waals surface area (Å²) in [5.74, 6) is -4.02. The molecular weight excluding hydrogens is 315 g/mol. The molecular formula is C16H17FN4O3. The van der Waals surface area contributed by atoms with Crippen LogP contribution in [0.5, 0.6) is 0 Å². The van der Waals surface area contributed by atoms with Crippen molar-refractivity contribution in [2.24, 2.45) is 10.9 Å². The van der Waals surface area contributed by atoms with Crippen LogP contribution in [0.2, 0.25) is 0 Å². The number of rotatable bonds is 4. The predicted molar refractivity (Wildman–Crippen MR) is 84.7 cm³/mol. The van der Waals surface area contributed by atoms with Crippen molar-refractivity contribution in [2.45, 2.75) is 31.2 Å². The van der Waals surface area contributed by atoms with Gasteiger partial charge in [-0.1, -0.05) is 0 Å². The maximum absolute atomic E-state index is 14.6. The van der Waals surface area contributed by atoms with E-state index in [2.05, 4.69) is 20.6 Å². The van der Waals surface area contributed by atoms with E-state index in [4.69, 9.17) is 5.11 Å². The minimum absolute atomic E-state index is 0.104. The van der Waals surface area contributed by atoms with Gasteiger partial charge in [0.2, 0.25) is 11.7 Å². The second-order valence-corrected chi connectivity index (χ2v) is 6.46. The first-order valence-corrected chi connectivity index (χ1v) is 8.08. The molecule has 2 unspecified atom stereocenters. The van der Waals surface area contributed by atoms with Crippen LogP contribution in [0.25, 0.3) is 0 Å². The SMILES string of the molecule is O=C(O)C1C=Nc2c(nc(F)c(NC3CCNC3)c2C2CC2)C1=O. The maximum Gasteiger partial charge on any atom is 0.320 e. The Balaban J connectivity index is 1.80. The van der Waals surface area contributed by atoms with Crippen LogP contribution in [0.3, 0.4) is 0 Å². The molecule has 1 saturated heterocycles. The second kappa shape index (κ2) is 5.62. The molecule has 1 aromatic heterocycles. The largest absolute Gasteiger partial charge is 0.480 e. The Kier molecular flexibility index (Phi) is 3.56. The fraction of sp³-hybridized carbons (Fsp3) is 0.500. The van der Waals surface area contributed by atoms with E-state index in [0.29, 0.717) is 16.9 Å². The first-order chi connectivity index (χ1) is 11.6. The average Bonchev–Trinajstić information content (AvgIpc) is 3.25. The lowest BCUT2D eigenvalue weighted by atomic mass is 9.94. The maximum atomic E-state index is 14.6. The third-order valence-electron chi connectivity index (χ3n) is 4.69. The molecule has 3 aliphatic rings. The molecule has 126 valence electrons. The fourth-order valence-corrected chi connectivity index (χ4v) is 3.30. The number of carbonyl (C=O) groups is 2. The van der Waals surface area contributed by atoms with E-state index in [1.54, 1.807) is 0 Å². The molecule has 1 aliphatic carbocycles. The normalized spacial score (nSPS) is 25.6. The smallest absolute Gasteiger partial charge is 0.320 e. The van der Waals surface area contributed by atoms with Crippen molar-refractivity contribution in [1.82, 2.24) is 10.3 Å². The Labute approximate surface area is 137 Å². The molecule has 2 aliphatic heterocycles. The first kappa shape index (κ1) is 15.2. The van der Waals surface area contributed by atoms with E-state index in [9.17, 15) is 14.0 Å². The number of carboxylic acids is 1. The van der Waals surface area contributed by atoms with E-state index in [1.165, 1.54) is 0 Å². The Hall–Kier alpha value is -2.35. The summed E-state index contributed by atoms with van der Waals surface area (Å²) in [5, 5.41) is 15.5. The van der Waals surface area contributed by atoms with E-state index >= 15 is 0 Å². The molecule has 3 heterocycles.